The number of nitrogens with zero attached hydrogens (tertiary/aromatic N) is 4. The number of hydrogen-bond donors (Lipinski definition) is 2. The second-order valence-electron chi connectivity index (χ2n) is 10.8. The quantitative estimate of drug-likeness (QED) is 0.161. The van der Waals surface area contributed by atoms with E-state index in [0.717, 1.165) is 54.9 Å². The average Bonchev–Trinajstić information content (AvgIpc) is 3.39. The van der Waals surface area contributed by atoms with E-state index < -0.39 is 0 Å². The van der Waals surface area contributed by atoms with Crippen LogP contribution < -0.4 is 5.32 Å². The van der Waals surface area contributed by atoms with E-state index in [1.165, 1.54) is 11.8 Å². The molecule has 5 aromatic rings. The zero-order valence-electron chi connectivity index (χ0n) is 23.8. The molecule has 2 N–H and O–H groups in total. The molecular weight excluding hydrogens is 556 g/mol. The third kappa shape index (κ3) is 5.94. The van der Waals surface area contributed by atoms with Crippen molar-refractivity contribution in [3.63, 3.8) is 0 Å². The number of anilines is 1. The van der Waals surface area contributed by atoms with Crippen LogP contribution in [-0.4, -0.2) is 44.4 Å². The lowest BCUT2D eigenvalue weighted by atomic mass is 10.0. The Hall–Kier alpha value is -4.77. The number of benzene rings is 3. The van der Waals surface area contributed by atoms with Crippen molar-refractivity contribution in [1.29, 1.82) is 5.41 Å². The molecule has 3 heterocycles. The molecule has 3 aromatic carbocycles. The first-order chi connectivity index (χ1) is 20.9. The van der Waals surface area contributed by atoms with Crippen LogP contribution in [0, 0.1) is 24.7 Å². The molecule has 0 aliphatic carbocycles. The van der Waals surface area contributed by atoms with Gasteiger partial charge in [-0.2, -0.15) is 5.10 Å². The molecule has 0 saturated carbocycles. The topological polar surface area (TPSA) is 86.9 Å². The summed E-state index contributed by atoms with van der Waals surface area (Å²) in [5.74, 6) is 2.32. The van der Waals surface area contributed by atoms with Crippen molar-refractivity contribution < 1.29 is 4.79 Å². The van der Waals surface area contributed by atoms with Crippen LogP contribution in [0.1, 0.15) is 57.2 Å². The third-order valence-corrected chi connectivity index (χ3v) is 8.39. The number of piperidine rings is 1. The number of pyridine rings is 1. The lowest BCUT2D eigenvalue weighted by Gasteiger charge is -2.32. The summed E-state index contributed by atoms with van der Waals surface area (Å²) in [7, 11) is 0. The molecule has 43 heavy (non-hydrogen) atoms. The number of nitrogens with one attached hydrogen (secondary N) is 2. The number of carbonyl (C=O) groups is 1. The number of aromatic nitrogens is 3. The van der Waals surface area contributed by atoms with Crippen molar-refractivity contribution in [1.82, 2.24) is 19.7 Å². The van der Waals surface area contributed by atoms with Gasteiger partial charge in [-0.1, -0.05) is 72.1 Å². The molecule has 214 valence electrons. The smallest absolute Gasteiger partial charge is 0.258 e. The number of amides is 1. The summed E-state index contributed by atoms with van der Waals surface area (Å²) in [4.78, 5) is 20.4. The van der Waals surface area contributed by atoms with E-state index in [1.807, 2.05) is 66.2 Å². The van der Waals surface area contributed by atoms with Gasteiger partial charge < -0.3 is 5.32 Å². The largest absolute Gasteiger partial charge is 0.322 e. The normalized spacial score (nSPS) is 14.0. The second-order valence-corrected chi connectivity index (χ2v) is 11.2. The first-order valence-electron chi connectivity index (χ1n) is 14.3. The Morgan fingerprint density at radius 2 is 1.70 bits per heavy atom. The maximum absolute atomic E-state index is 13.2. The molecule has 0 radical (unpaired) electrons. The minimum absolute atomic E-state index is 0.202. The highest BCUT2D eigenvalue weighted by molar-refractivity contribution is 6.39. The van der Waals surface area contributed by atoms with E-state index in [2.05, 4.69) is 33.3 Å². The van der Waals surface area contributed by atoms with Crippen LogP contribution in [0.3, 0.4) is 0 Å². The second kappa shape index (κ2) is 12.2. The van der Waals surface area contributed by atoms with Crippen molar-refractivity contribution in [2.75, 3.05) is 18.4 Å². The molecule has 8 heteroatoms. The number of aryl methyl sites for hydroxylation is 1. The summed E-state index contributed by atoms with van der Waals surface area (Å²) in [5, 5.41) is 17.2. The van der Waals surface area contributed by atoms with Crippen molar-refractivity contribution in [2.45, 2.75) is 32.4 Å². The van der Waals surface area contributed by atoms with Gasteiger partial charge >= 0.3 is 0 Å². The van der Waals surface area contributed by atoms with E-state index >= 15 is 0 Å². The number of rotatable bonds is 7. The molecule has 0 bridgehead atoms. The van der Waals surface area contributed by atoms with Crippen LogP contribution in [0.4, 0.5) is 5.69 Å². The van der Waals surface area contributed by atoms with Crippen LogP contribution >= 0.6 is 11.6 Å². The zero-order chi connectivity index (χ0) is 29.9. The first kappa shape index (κ1) is 28.4. The summed E-state index contributed by atoms with van der Waals surface area (Å²) in [6, 6.07) is 25.1. The summed E-state index contributed by atoms with van der Waals surface area (Å²) < 4.78 is 1.98. The summed E-state index contributed by atoms with van der Waals surface area (Å²) >= 11 is 6.83. The van der Waals surface area contributed by atoms with Crippen molar-refractivity contribution >= 4 is 39.9 Å². The van der Waals surface area contributed by atoms with Gasteiger partial charge in [-0.15, -0.1) is 6.42 Å². The fraction of sp³-hybridized carbons (Fsp3) is 0.200. The van der Waals surface area contributed by atoms with Crippen molar-refractivity contribution in [3.05, 3.63) is 124 Å². The molecule has 0 atom stereocenters. The van der Waals surface area contributed by atoms with E-state index in [9.17, 15) is 4.79 Å². The van der Waals surface area contributed by atoms with Gasteiger partial charge in [0.15, 0.2) is 5.65 Å². The third-order valence-electron chi connectivity index (χ3n) is 8.00. The van der Waals surface area contributed by atoms with Gasteiger partial charge in [0.25, 0.3) is 5.91 Å². The van der Waals surface area contributed by atoms with E-state index in [-0.39, 0.29) is 11.9 Å². The molecule has 6 rings (SSSR count). The molecule has 1 aliphatic heterocycles. The van der Waals surface area contributed by atoms with Crippen LogP contribution in [0.25, 0.3) is 11.0 Å². The highest BCUT2D eigenvalue weighted by atomic mass is 35.5. The van der Waals surface area contributed by atoms with Gasteiger partial charge in [0.2, 0.25) is 0 Å². The molecule has 1 amide bonds. The molecule has 7 nitrogen and oxygen atoms in total. The van der Waals surface area contributed by atoms with Gasteiger partial charge in [-0.05, 0) is 55.2 Å². The maximum Gasteiger partial charge on any atom is 0.258 e. The number of fused-ring (bicyclic) bond motifs is 1. The number of likely N-dealkylation sites (tertiary alicyclic amines) is 1. The standard InChI is InChI=1S/C35H31ClN6O/c1-3-24-9-11-25(12-10-24)22-41-19-17-29(18-20-41)42-34-31(23(2)40-42)32(36)30(21-38-34)35(43)39-28-15-13-27(14-16-28)33(37)26-7-5-4-6-8-26/h1,4-16,21,29,37H,17-20,22H2,2H3,(H,39,43). The van der Waals surface area contributed by atoms with Crippen LogP contribution in [0.2, 0.25) is 5.02 Å². The monoisotopic (exact) mass is 586 g/mol. The Morgan fingerprint density at radius 3 is 2.37 bits per heavy atom. The Labute approximate surface area is 256 Å². The van der Waals surface area contributed by atoms with Crippen LogP contribution in [0.5, 0.6) is 0 Å². The Morgan fingerprint density at radius 1 is 1.02 bits per heavy atom. The summed E-state index contributed by atoms with van der Waals surface area (Å²) in [5.41, 5.74) is 6.51. The fourth-order valence-corrected chi connectivity index (χ4v) is 5.98. The molecule has 0 unspecified atom stereocenters. The average molecular weight is 587 g/mol. The summed E-state index contributed by atoms with van der Waals surface area (Å²) in [6.45, 7) is 4.68. The van der Waals surface area contributed by atoms with Gasteiger partial charge in [0.05, 0.1) is 33.4 Å². The van der Waals surface area contributed by atoms with E-state index in [1.54, 1.807) is 12.1 Å². The Bertz CT molecular complexity index is 1830. The highest BCUT2D eigenvalue weighted by Crippen LogP contribution is 2.33. The lowest BCUT2D eigenvalue weighted by molar-refractivity contribution is 0.102. The van der Waals surface area contributed by atoms with E-state index in [4.69, 9.17) is 28.5 Å². The highest BCUT2D eigenvalue weighted by Gasteiger charge is 2.26. The SMILES string of the molecule is C#Cc1ccc(CN2CCC(n3nc(C)c4c(Cl)c(C(=O)Nc5ccc(C(=N)c6ccccc6)cc5)cnc43)CC2)cc1. The molecular formula is C35H31ClN6O. The minimum Gasteiger partial charge on any atom is -0.322 e. The van der Waals surface area contributed by atoms with Crippen LogP contribution in [0.15, 0.2) is 85.1 Å². The molecule has 2 aromatic heterocycles. The Kier molecular flexibility index (Phi) is 8.06. The van der Waals surface area contributed by atoms with Gasteiger partial charge in [-0.25, -0.2) is 9.67 Å². The van der Waals surface area contributed by atoms with Crippen molar-refractivity contribution in [2.24, 2.45) is 0 Å². The molecule has 1 fully saturated rings. The molecule has 1 aliphatic rings. The number of hydrogen-bond acceptors (Lipinski definition) is 5. The lowest BCUT2D eigenvalue weighted by Crippen LogP contribution is -2.34. The predicted molar refractivity (Wildman–Crippen MR) is 172 cm³/mol. The number of carbonyl (C=O) groups excluding carboxylic acids is 1. The van der Waals surface area contributed by atoms with Gasteiger partial charge in [-0.3, -0.25) is 15.1 Å². The maximum atomic E-state index is 13.2. The van der Waals surface area contributed by atoms with E-state index in [0.29, 0.717) is 33.0 Å². The van der Waals surface area contributed by atoms with Crippen molar-refractivity contribution in [3.8, 4) is 12.3 Å². The first-order valence-corrected chi connectivity index (χ1v) is 14.7. The fourth-order valence-electron chi connectivity index (χ4n) is 5.62. The summed E-state index contributed by atoms with van der Waals surface area (Å²) in [6.07, 6.45) is 8.90. The Balaban J connectivity index is 1.13. The van der Waals surface area contributed by atoms with Crippen LogP contribution in [-0.2, 0) is 6.54 Å². The molecule has 1 saturated heterocycles. The molecule has 0 spiro atoms. The zero-order valence-corrected chi connectivity index (χ0v) is 24.6. The number of halogens is 1. The van der Waals surface area contributed by atoms with Gasteiger partial charge in [0, 0.05) is 42.6 Å². The van der Waals surface area contributed by atoms with Gasteiger partial charge in [0.1, 0.15) is 0 Å². The predicted octanol–water partition coefficient (Wildman–Crippen LogP) is 6.88. The number of terminal acetylenes is 1. The minimum atomic E-state index is -0.346.